The van der Waals surface area contributed by atoms with Gasteiger partial charge < -0.3 is 15.8 Å². The number of thiocarbonyl (C=S) groups is 1. The Kier molecular flexibility index (Phi) is 4.42. The molecule has 0 aromatic heterocycles. The Bertz CT molecular complexity index is 664. The molecule has 20 heavy (non-hydrogen) atoms. The summed E-state index contributed by atoms with van der Waals surface area (Å²) in [5.41, 5.74) is 7.03. The molecule has 0 radical (unpaired) electrons. The first-order valence-corrected chi connectivity index (χ1v) is 6.50. The van der Waals surface area contributed by atoms with Gasteiger partial charge in [-0.3, -0.25) is 0 Å². The quantitative estimate of drug-likeness (QED) is 0.842. The van der Waals surface area contributed by atoms with Gasteiger partial charge in [-0.15, -0.1) is 0 Å². The molecule has 2 rings (SSSR count). The molecule has 3 N–H and O–H groups in total. The Hall–Kier alpha value is -1.85. The van der Waals surface area contributed by atoms with E-state index >= 15 is 0 Å². The van der Waals surface area contributed by atoms with Crippen LogP contribution in [0, 0.1) is 5.82 Å². The number of nitrogens with one attached hydrogen (secondary N) is 1. The minimum atomic E-state index is -0.389. The minimum absolute atomic E-state index is 0.217. The monoisotopic (exact) mass is 310 g/mol. The molecule has 0 fully saturated rings. The maximum absolute atomic E-state index is 13.7. The lowest BCUT2D eigenvalue weighted by atomic mass is 10.2. The van der Waals surface area contributed by atoms with Gasteiger partial charge in [0.15, 0.2) is 0 Å². The van der Waals surface area contributed by atoms with E-state index in [1.165, 1.54) is 13.2 Å². The zero-order chi connectivity index (χ0) is 14.7. The summed E-state index contributed by atoms with van der Waals surface area (Å²) in [6.45, 7) is 0. The lowest BCUT2D eigenvalue weighted by Gasteiger charge is -2.11. The summed E-state index contributed by atoms with van der Waals surface area (Å²) in [7, 11) is 1.52. The molecule has 0 spiro atoms. The molecule has 6 heteroatoms. The van der Waals surface area contributed by atoms with Crippen LogP contribution in [-0.2, 0) is 0 Å². The SMILES string of the molecule is COc1ccc(F)c(Nc2ccc(C(N)=S)c(Cl)c2)c1. The van der Waals surface area contributed by atoms with Crippen LogP contribution in [0.4, 0.5) is 15.8 Å². The second-order valence-corrected chi connectivity index (χ2v) is 4.88. The van der Waals surface area contributed by atoms with E-state index in [4.69, 9.17) is 34.3 Å². The highest BCUT2D eigenvalue weighted by atomic mass is 35.5. The fraction of sp³-hybridized carbons (Fsp3) is 0.0714. The summed E-state index contributed by atoms with van der Waals surface area (Å²) in [5, 5.41) is 3.34. The summed E-state index contributed by atoms with van der Waals surface area (Å²) in [5.74, 6) is 0.167. The van der Waals surface area contributed by atoms with Crippen LogP contribution in [-0.4, -0.2) is 12.1 Å². The van der Waals surface area contributed by atoms with Crippen molar-refractivity contribution in [3.63, 3.8) is 0 Å². The third-order valence-corrected chi connectivity index (χ3v) is 3.22. The maximum Gasteiger partial charge on any atom is 0.146 e. The Morgan fingerprint density at radius 2 is 2.05 bits per heavy atom. The lowest BCUT2D eigenvalue weighted by Crippen LogP contribution is -2.10. The zero-order valence-corrected chi connectivity index (χ0v) is 12.2. The van der Waals surface area contributed by atoms with E-state index in [9.17, 15) is 4.39 Å². The van der Waals surface area contributed by atoms with Crippen molar-refractivity contribution in [3.8, 4) is 5.75 Å². The Morgan fingerprint density at radius 1 is 1.30 bits per heavy atom. The summed E-state index contributed by atoms with van der Waals surface area (Å²) < 4.78 is 18.8. The summed E-state index contributed by atoms with van der Waals surface area (Å²) in [4.78, 5) is 0.217. The second kappa shape index (κ2) is 6.07. The molecule has 3 nitrogen and oxygen atoms in total. The van der Waals surface area contributed by atoms with Crippen molar-refractivity contribution in [2.75, 3.05) is 12.4 Å². The number of hydrogen-bond donors (Lipinski definition) is 2. The molecule has 0 aliphatic heterocycles. The molecule has 104 valence electrons. The Labute approximate surface area is 126 Å². The van der Waals surface area contributed by atoms with E-state index in [1.54, 1.807) is 30.3 Å². The van der Waals surface area contributed by atoms with Crippen LogP contribution in [0.3, 0.4) is 0 Å². The van der Waals surface area contributed by atoms with Gasteiger partial charge in [-0.05, 0) is 30.3 Å². The first kappa shape index (κ1) is 14.6. The van der Waals surface area contributed by atoms with Crippen molar-refractivity contribution < 1.29 is 9.13 Å². The highest BCUT2D eigenvalue weighted by Gasteiger charge is 2.07. The third kappa shape index (κ3) is 3.18. The average Bonchev–Trinajstić information content (AvgIpc) is 2.41. The Morgan fingerprint density at radius 3 is 2.65 bits per heavy atom. The number of methoxy groups -OCH3 is 1. The highest BCUT2D eigenvalue weighted by Crippen LogP contribution is 2.27. The van der Waals surface area contributed by atoms with Gasteiger partial charge >= 0.3 is 0 Å². The number of nitrogens with two attached hydrogens (primary N) is 1. The number of ether oxygens (including phenoxy) is 1. The van der Waals surface area contributed by atoms with Crippen molar-refractivity contribution in [1.82, 2.24) is 0 Å². The predicted octanol–water partition coefficient (Wildman–Crippen LogP) is 3.87. The van der Waals surface area contributed by atoms with E-state index in [0.29, 0.717) is 27.7 Å². The fourth-order valence-corrected chi connectivity index (χ4v) is 2.19. The first-order chi connectivity index (χ1) is 9.51. The van der Waals surface area contributed by atoms with Gasteiger partial charge in [0.05, 0.1) is 17.8 Å². The molecule has 0 heterocycles. The van der Waals surface area contributed by atoms with E-state index in [0.717, 1.165) is 0 Å². The smallest absolute Gasteiger partial charge is 0.146 e. The number of rotatable bonds is 4. The van der Waals surface area contributed by atoms with Gasteiger partial charge in [-0.1, -0.05) is 23.8 Å². The average molecular weight is 311 g/mol. The van der Waals surface area contributed by atoms with Gasteiger partial charge in [-0.25, -0.2) is 4.39 Å². The van der Waals surface area contributed by atoms with Crippen molar-refractivity contribution in [3.05, 3.63) is 52.8 Å². The topological polar surface area (TPSA) is 47.3 Å². The van der Waals surface area contributed by atoms with Crippen LogP contribution in [0.1, 0.15) is 5.56 Å². The lowest BCUT2D eigenvalue weighted by molar-refractivity contribution is 0.414. The van der Waals surface area contributed by atoms with Crippen molar-refractivity contribution in [2.45, 2.75) is 0 Å². The summed E-state index contributed by atoms with van der Waals surface area (Å²) in [6, 6.07) is 9.47. The van der Waals surface area contributed by atoms with Crippen LogP contribution in [0.25, 0.3) is 0 Å². The van der Waals surface area contributed by atoms with Gasteiger partial charge in [-0.2, -0.15) is 0 Å². The van der Waals surface area contributed by atoms with Crippen molar-refractivity contribution in [2.24, 2.45) is 5.73 Å². The van der Waals surface area contributed by atoms with Gasteiger partial charge in [0, 0.05) is 17.3 Å². The first-order valence-electron chi connectivity index (χ1n) is 5.71. The minimum Gasteiger partial charge on any atom is -0.497 e. The normalized spacial score (nSPS) is 10.2. The molecule has 0 aliphatic rings. The Balaban J connectivity index is 2.30. The molecule has 2 aromatic rings. The van der Waals surface area contributed by atoms with Crippen LogP contribution in [0.2, 0.25) is 5.02 Å². The fourth-order valence-electron chi connectivity index (χ4n) is 1.68. The van der Waals surface area contributed by atoms with E-state index in [2.05, 4.69) is 5.32 Å². The van der Waals surface area contributed by atoms with Crippen LogP contribution < -0.4 is 15.8 Å². The van der Waals surface area contributed by atoms with E-state index in [1.807, 2.05) is 0 Å². The maximum atomic E-state index is 13.7. The van der Waals surface area contributed by atoms with Gasteiger partial charge in [0.2, 0.25) is 0 Å². The molecule has 0 unspecified atom stereocenters. The molecule has 0 bridgehead atoms. The number of halogens is 2. The molecule has 0 saturated heterocycles. The molecular weight excluding hydrogens is 299 g/mol. The molecule has 0 amide bonds. The van der Waals surface area contributed by atoms with E-state index < -0.39 is 0 Å². The predicted molar refractivity (Wildman–Crippen MR) is 83.6 cm³/mol. The van der Waals surface area contributed by atoms with Gasteiger partial charge in [0.1, 0.15) is 16.6 Å². The van der Waals surface area contributed by atoms with Crippen LogP contribution >= 0.6 is 23.8 Å². The third-order valence-electron chi connectivity index (χ3n) is 2.69. The molecule has 2 aromatic carbocycles. The van der Waals surface area contributed by atoms with Gasteiger partial charge in [0.25, 0.3) is 0 Å². The van der Waals surface area contributed by atoms with Crippen LogP contribution in [0.5, 0.6) is 5.75 Å². The number of benzene rings is 2. The number of hydrogen-bond acceptors (Lipinski definition) is 3. The highest BCUT2D eigenvalue weighted by molar-refractivity contribution is 7.80. The summed E-state index contributed by atoms with van der Waals surface area (Å²) in [6.07, 6.45) is 0. The van der Waals surface area contributed by atoms with E-state index in [-0.39, 0.29) is 10.8 Å². The van der Waals surface area contributed by atoms with Crippen LogP contribution in [0.15, 0.2) is 36.4 Å². The molecule has 0 saturated carbocycles. The number of anilines is 2. The second-order valence-electron chi connectivity index (χ2n) is 4.03. The zero-order valence-electron chi connectivity index (χ0n) is 10.6. The largest absolute Gasteiger partial charge is 0.497 e. The summed E-state index contributed by atoms with van der Waals surface area (Å²) >= 11 is 10.9. The standard InChI is InChI=1S/C14H12ClFN2OS/c1-19-9-3-5-12(16)13(7-9)18-8-2-4-10(14(17)20)11(15)6-8/h2-7,18H,1H3,(H2,17,20). The molecular formula is C14H12ClFN2OS. The molecule has 0 atom stereocenters. The van der Waals surface area contributed by atoms with Crippen molar-refractivity contribution >= 4 is 40.2 Å². The molecule has 0 aliphatic carbocycles. The van der Waals surface area contributed by atoms with Crippen molar-refractivity contribution in [1.29, 1.82) is 0 Å².